The Kier molecular flexibility index (Phi) is 5.60. The Bertz CT molecular complexity index is 887. The molecule has 0 unspecified atom stereocenters. The molecule has 6 heteroatoms. The number of carbonyl (C=O) groups excluding carboxylic acids is 3. The first-order valence-corrected chi connectivity index (χ1v) is 10.1. The molecule has 0 aliphatic carbocycles. The number of hydrogen-bond acceptors (Lipinski definition) is 3. The van der Waals surface area contributed by atoms with Gasteiger partial charge in [0, 0.05) is 50.4 Å². The molecule has 29 heavy (non-hydrogen) atoms. The maximum atomic E-state index is 12.7. The SMILES string of the molecule is O=C(Cc1ccc(N2CCCC2=O)cc1)N1CCN(C(=O)c2ccccc2)CC1. The molecule has 3 amide bonds. The third kappa shape index (κ3) is 4.31. The summed E-state index contributed by atoms with van der Waals surface area (Å²) in [4.78, 5) is 42.5. The Hall–Kier alpha value is -3.15. The fraction of sp³-hybridized carbons (Fsp3) is 0.348. The number of hydrogen-bond donors (Lipinski definition) is 0. The number of nitrogens with zero attached hydrogens (tertiary/aromatic N) is 3. The van der Waals surface area contributed by atoms with Crippen molar-refractivity contribution < 1.29 is 14.4 Å². The summed E-state index contributed by atoms with van der Waals surface area (Å²) in [6, 6.07) is 16.9. The zero-order valence-electron chi connectivity index (χ0n) is 16.4. The zero-order chi connectivity index (χ0) is 20.2. The van der Waals surface area contributed by atoms with Gasteiger partial charge in [-0.15, -0.1) is 0 Å². The molecule has 2 aromatic carbocycles. The minimum Gasteiger partial charge on any atom is -0.339 e. The lowest BCUT2D eigenvalue weighted by molar-refractivity contribution is -0.132. The standard InChI is InChI=1S/C23H25N3O3/c27-21-7-4-12-26(21)20-10-8-18(9-11-20)17-22(28)24-13-15-25(16-14-24)23(29)19-5-2-1-3-6-19/h1-3,5-6,8-11H,4,7,12-17H2. The van der Waals surface area contributed by atoms with Crippen molar-refractivity contribution in [3.8, 4) is 0 Å². The van der Waals surface area contributed by atoms with Gasteiger partial charge < -0.3 is 14.7 Å². The quantitative estimate of drug-likeness (QED) is 0.804. The maximum Gasteiger partial charge on any atom is 0.253 e. The second-order valence-electron chi connectivity index (χ2n) is 7.53. The molecule has 0 radical (unpaired) electrons. The predicted octanol–water partition coefficient (Wildman–Crippen LogP) is 2.34. The van der Waals surface area contributed by atoms with Crippen molar-refractivity contribution in [2.45, 2.75) is 19.3 Å². The van der Waals surface area contributed by atoms with E-state index in [9.17, 15) is 14.4 Å². The average molecular weight is 391 g/mol. The number of amides is 3. The van der Waals surface area contributed by atoms with Crippen LogP contribution in [-0.2, 0) is 16.0 Å². The zero-order valence-corrected chi connectivity index (χ0v) is 16.4. The van der Waals surface area contributed by atoms with Crippen molar-refractivity contribution in [2.24, 2.45) is 0 Å². The second-order valence-corrected chi connectivity index (χ2v) is 7.53. The van der Waals surface area contributed by atoms with E-state index in [0.29, 0.717) is 44.6 Å². The summed E-state index contributed by atoms with van der Waals surface area (Å²) in [5.74, 6) is 0.253. The highest BCUT2D eigenvalue weighted by Gasteiger charge is 2.25. The van der Waals surface area contributed by atoms with Crippen LogP contribution in [0.25, 0.3) is 0 Å². The van der Waals surface area contributed by atoms with E-state index in [2.05, 4.69) is 0 Å². The normalized spacial score (nSPS) is 17.0. The van der Waals surface area contributed by atoms with Crippen molar-refractivity contribution >= 4 is 23.4 Å². The van der Waals surface area contributed by atoms with Crippen LogP contribution in [0, 0.1) is 0 Å². The van der Waals surface area contributed by atoms with Crippen molar-refractivity contribution in [2.75, 3.05) is 37.6 Å². The molecule has 6 nitrogen and oxygen atoms in total. The number of benzene rings is 2. The summed E-state index contributed by atoms with van der Waals surface area (Å²) in [7, 11) is 0. The van der Waals surface area contributed by atoms with Crippen LogP contribution in [0.4, 0.5) is 5.69 Å². The van der Waals surface area contributed by atoms with Crippen molar-refractivity contribution in [1.82, 2.24) is 9.80 Å². The predicted molar refractivity (Wildman–Crippen MR) is 111 cm³/mol. The molecule has 2 heterocycles. The molecule has 0 N–H and O–H groups in total. The minimum absolute atomic E-state index is 0.0183. The molecule has 2 aliphatic rings. The van der Waals surface area contributed by atoms with Crippen LogP contribution in [0.3, 0.4) is 0 Å². The molecule has 2 saturated heterocycles. The minimum atomic E-state index is 0.0183. The van der Waals surface area contributed by atoms with Gasteiger partial charge in [-0.25, -0.2) is 0 Å². The highest BCUT2D eigenvalue weighted by molar-refractivity contribution is 5.95. The fourth-order valence-electron chi connectivity index (χ4n) is 3.92. The van der Waals surface area contributed by atoms with Gasteiger partial charge in [0.25, 0.3) is 5.91 Å². The highest BCUT2D eigenvalue weighted by Crippen LogP contribution is 2.22. The largest absolute Gasteiger partial charge is 0.339 e. The molecule has 4 rings (SSSR count). The van der Waals surface area contributed by atoms with E-state index >= 15 is 0 Å². The molecule has 150 valence electrons. The molecule has 2 aromatic rings. The smallest absolute Gasteiger partial charge is 0.253 e. The van der Waals surface area contributed by atoms with Crippen molar-refractivity contribution in [1.29, 1.82) is 0 Å². The molecule has 0 bridgehead atoms. The van der Waals surface area contributed by atoms with E-state index in [1.807, 2.05) is 59.5 Å². The van der Waals surface area contributed by atoms with Gasteiger partial charge in [-0.2, -0.15) is 0 Å². The van der Waals surface area contributed by atoms with Gasteiger partial charge in [0.1, 0.15) is 0 Å². The highest BCUT2D eigenvalue weighted by atomic mass is 16.2. The second kappa shape index (κ2) is 8.47. The van der Waals surface area contributed by atoms with E-state index in [-0.39, 0.29) is 17.7 Å². The monoisotopic (exact) mass is 391 g/mol. The molecule has 0 saturated carbocycles. The number of rotatable bonds is 4. The van der Waals surface area contributed by atoms with Gasteiger partial charge in [-0.3, -0.25) is 14.4 Å². The van der Waals surface area contributed by atoms with Gasteiger partial charge in [0.15, 0.2) is 0 Å². The van der Waals surface area contributed by atoms with Gasteiger partial charge in [0.2, 0.25) is 11.8 Å². The summed E-state index contributed by atoms with van der Waals surface area (Å²) in [5, 5.41) is 0. The third-order valence-electron chi connectivity index (χ3n) is 5.62. The molecular formula is C23H25N3O3. The van der Waals surface area contributed by atoms with Crippen LogP contribution >= 0.6 is 0 Å². The van der Waals surface area contributed by atoms with Gasteiger partial charge in [-0.1, -0.05) is 30.3 Å². The van der Waals surface area contributed by atoms with Crippen LogP contribution < -0.4 is 4.90 Å². The summed E-state index contributed by atoms with van der Waals surface area (Å²) in [6.07, 6.45) is 1.84. The van der Waals surface area contributed by atoms with Crippen LogP contribution in [0.1, 0.15) is 28.8 Å². The van der Waals surface area contributed by atoms with Crippen LogP contribution in [-0.4, -0.2) is 60.2 Å². The lowest BCUT2D eigenvalue weighted by Crippen LogP contribution is -2.51. The van der Waals surface area contributed by atoms with Gasteiger partial charge in [0.05, 0.1) is 6.42 Å². The number of carbonyl (C=O) groups is 3. The Balaban J connectivity index is 1.30. The average Bonchev–Trinajstić information content (AvgIpc) is 3.20. The summed E-state index contributed by atoms with van der Waals surface area (Å²) < 4.78 is 0. The molecule has 0 spiro atoms. The molecule has 0 aromatic heterocycles. The summed E-state index contributed by atoms with van der Waals surface area (Å²) in [5.41, 5.74) is 2.52. The van der Waals surface area contributed by atoms with Crippen molar-refractivity contribution in [3.63, 3.8) is 0 Å². The summed E-state index contributed by atoms with van der Waals surface area (Å²) in [6.45, 7) is 2.98. The van der Waals surface area contributed by atoms with Gasteiger partial charge in [-0.05, 0) is 36.2 Å². The number of piperazine rings is 1. The molecular weight excluding hydrogens is 366 g/mol. The summed E-state index contributed by atoms with van der Waals surface area (Å²) >= 11 is 0. The first-order valence-electron chi connectivity index (χ1n) is 10.1. The maximum absolute atomic E-state index is 12.7. The van der Waals surface area contributed by atoms with Crippen LogP contribution in [0.15, 0.2) is 54.6 Å². The first-order chi connectivity index (χ1) is 14.1. The third-order valence-corrected chi connectivity index (χ3v) is 5.62. The Morgan fingerprint density at radius 1 is 0.793 bits per heavy atom. The Morgan fingerprint density at radius 2 is 1.45 bits per heavy atom. The van der Waals surface area contributed by atoms with E-state index in [0.717, 1.165) is 24.2 Å². The van der Waals surface area contributed by atoms with Crippen LogP contribution in [0.5, 0.6) is 0 Å². The van der Waals surface area contributed by atoms with E-state index in [4.69, 9.17) is 0 Å². The fourth-order valence-corrected chi connectivity index (χ4v) is 3.92. The Morgan fingerprint density at radius 3 is 2.07 bits per heavy atom. The first kappa shape index (κ1) is 19.2. The van der Waals surface area contributed by atoms with Gasteiger partial charge >= 0.3 is 0 Å². The lowest BCUT2D eigenvalue weighted by Gasteiger charge is -2.35. The van der Waals surface area contributed by atoms with E-state index in [1.165, 1.54) is 0 Å². The van der Waals surface area contributed by atoms with E-state index in [1.54, 1.807) is 9.80 Å². The topological polar surface area (TPSA) is 60.9 Å². The van der Waals surface area contributed by atoms with E-state index < -0.39 is 0 Å². The van der Waals surface area contributed by atoms with Crippen LogP contribution in [0.2, 0.25) is 0 Å². The van der Waals surface area contributed by atoms with Crippen molar-refractivity contribution in [3.05, 3.63) is 65.7 Å². The Labute approximate surface area is 170 Å². The molecule has 0 atom stereocenters. The molecule has 2 aliphatic heterocycles. The number of anilines is 1. The molecule has 2 fully saturated rings. The lowest BCUT2D eigenvalue weighted by atomic mass is 10.1.